The molecule has 5 heterocycles. The van der Waals surface area contributed by atoms with Gasteiger partial charge in [-0.15, -0.1) is 0 Å². The molecule has 0 atom stereocenters. The molecule has 1 aliphatic rings. The van der Waals surface area contributed by atoms with Gasteiger partial charge in [0, 0.05) is 55.2 Å². The lowest BCUT2D eigenvalue weighted by Crippen LogP contribution is -2.36. The zero-order chi connectivity index (χ0) is 24.6. The highest BCUT2D eigenvalue weighted by atomic mass is 16.2. The van der Waals surface area contributed by atoms with E-state index in [0.717, 1.165) is 59.3 Å². The molecule has 0 aliphatic carbocycles. The second-order valence-corrected chi connectivity index (χ2v) is 9.29. The van der Waals surface area contributed by atoms with Crippen molar-refractivity contribution in [1.82, 2.24) is 24.8 Å². The summed E-state index contributed by atoms with van der Waals surface area (Å²) in [6.45, 7) is 3.23. The topological polar surface area (TPSA) is 107 Å². The largest absolute Gasteiger partial charge is 0.346 e. The summed E-state index contributed by atoms with van der Waals surface area (Å²) in [5.74, 6) is 1.09. The van der Waals surface area contributed by atoms with E-state index in [9.17, 15) is 9.59 Å². The van der Waals surface area contributed by atoms with E-state index >= 15 is 0 Å². The summed E-state index contributed by atoms with van der Waals surface area (Å²) in [5.41, 5.74) is 4.36. The van der Waals surface area contributed by atoms with Gasteiger partial charge in [0.15, 0.2) is 0 Å². The summed E-state index contributed by atoms with van der Waals surface area (Å²) in [6, 6.07) is 16.1. The predicted molar refractivity (Wildman–Crippen MR) is 141 cm³/mol. The van der Waals surface area contributed by atoms with E-state index in [2.05, 4.69) is 32.4 Å². The van der Waals surface area contributed by atoms with Crippen LogP contribution in [-0.2, 0) is 4.79 Å². The first kappa shape index (κ1) is 22.0. The average Bonchev–Trinajstić information content (AvgIpc) is 3.37. The van der Waals surface area contributed by atoms with Gasteiger partial charge in [-0.2, -0.15) is 0 Å². The molecular formula is C28H26N6O2. The van der Waals surface area contributed by atoms with Gasteiger partial charge in [-0.05, 0) is 66.1 Å². The van der Waals surface area contributed by atoms with Crippen LogP contribution in [0.4, 0.5) is 11.5 Å². The standard InChI is InChI=1S/C28H26N6O2/c1-17(35)34-12-8-19(9-13-34)18-2-4-23(5-3-18)32-27-25-20(6-11-30-28(25)36)15-24(33-27)22-14-21-7-10-29-26(21)31-16-22/h2-7,10-11,14-16,19H,8-9,12-13H2,1H3,(H,29,31)(H,30,36)(H,32,33). The number of nitrogens with zero attached hydrogens (tertiary/aromatic N) is 3. The molecule has 1 amide bonds. The third kappa shape index (κ3) is 4.11. The molecule has 5 aromatic rings. The van der Waals surface area contributed by atoms with Crippen molar-refractivity contribution >= 4 is 39.2 Å². The average molecular weight is 479 g/mol. The zero-order valence-electron chi connectivity index (χ0n) is 19.9. The van der Waals surface area contributed by atoms with Gasteiger partial charge >= 0.3 is 0 Å². The normalized spacial score (nSPS) is 14.4. The second kappa shape index (κ2) is 8.96. The Morgan fingerprint density at radius 3 is 2.53 bits per heavy atom. The molecule has 8 heteroatoms. The molecule has 36 heavy (non-hydrogen) atoms. The van der Waals surface area contributed by atoms with Crippen molar-refractivity contribution in [3.8, 4) is 11.3 Å². The fraction of sp³-hybridized carbons (Fsp3) is 0.214. The molecule has 0 spiro atoms. The van der Waals surface area contributed by atoms with E-state index in [4.69, 9.17) is 4.98 Å². The van der Waals surface area contributed by atoms with Gasteiger partial charge in [-0.1, -0.05) is 12.1 Å². The number of hydrogen-bond acceptors (Lipinski definition) is 5. The highest BCUT2D eigenvalue weighted by Gasteiger charge is 2.22. The number of pyridine rings is 3. The van der Waals surface area contributed by atoms with Crippen molar-refractivity contribution < 1.29 is 4.79 Å². The number of fused-ring (bicyclic) bond motifs is 2. The van der Waals surface area contributed by atoms with Gasteiger partial charge in [0.05, 0.1) is 11.1 Å². The van der Waals surface area contributed by atoms with Crippen LogP contribution in [-0.4, -0.2) is 43.8 Å². The maximum absolute atomic E-state index is 12.7. The van der Waals surface area contributed by atoms with Crippen LogP contribution >= 0.6 is 0 Å². The molecule has 3 N–H and O–H groups in total. The highest BCUT2D eigenvalue weighted by molar-refractivity contribution is 5.95. The molecule has 1 saturated heterocycles. The predicted octanol–water partition coefficient (Wildman–Crippen LogP) is 4.94. The number of piperidine rings is 1. The van der Waals surface area contributed by atoms with E-state index in [1.807, 2.05) is 47.5 Å². The zero-order valence-corrected chi connectivity index (χ0v) is 19.9. The van der Waals surface area contributed by atoms with Gasteiger partial charge in [-0.25, -0.2) is 9.97 Å². The molecule has 0 saturated carbocycles. The summed E-state index contributed by atoms with van der Waals surface area (Å²) in [7, 11) is 0. The van der Waals surface area contributed by atoms with E-state index in [-0.39, 0.29) is 11.5 Å². The van der Waals surface area contributed by atoms with Gasteiger partial charge in [0.2, 0.25) is 5.91 Å². The first-order valence-corrected chi connectivity index (χ1v) is 12.1. The highest BCUT2D eigenvalue weighted by Crippen LogP contribution is 2.31. The summed E-state index contributed by atoms with van der Waals surface area (Å²) < 4.78 is 0. The van der Waals surface area contributed by atoms with Crippen LogP contribution in [0.25, 0.3) is 33.1 Å². The van der Waals surface area contributed by atoms with Crippen molar-refractivity contribution in [3.05, 3.63) is 83.0 Å². The van der Waals surface area contributed by atoms with Crippen LogP contribution in [0.2, 0.25) is 0 Å². The summed E-state index contributed by atoms with van der Waals surface area (Å²) in [4.78, 5) is 41.5. The molecule has 0 radical (unpaired) electrons. The lowest BCUT2D eigenvalue weighted by Gasteiger charge is -2.31. The lowest BCUT2D eigenvalue weighted by atomic mass is 9.89. The van der Waals surface area contributed by atoms with E-state index < -0.39 is 0 Å². The van der Waals surface area contributed by atoms with Crippen molar-refractivity contribution in [2.75, 3.05) is 18.4 Å². The smallest absolute Gasteiger partial charge is 0.259 e. The minimum Gasteiger partial charge on any atom is -0.346 e. The number of likely N-dealkylation sites (tertiary alicyclic amines) is 1. The van der Waals surface area contributed by atoms with Crippen LogP contribution in [0.5, 0.6) is 0 Å². The van der Waals surface area contributed by atoms with Gasteiger partial charge in [0.1, 0.15) is 11.5 Å². The van der Waals surface area contributed by atoms with E-state index in [0.29, 0.717) is 17.1 Å². The number of nitrogens with one attached hydrogen (secondary N) is 3. The van der Waals surface area contributed by atoms with Crippen molar-refractivity contribution in [2.24, 2.45) is 0 Å². The number of amides is 1. The molecule has 8 nitrogen and oxygen atoms in total. The van der Waals surface area contributed by atoms with Gasteiger partial charge < -0.3 is 20.2 Å². The Hall–Kier alpha value is -4.46. The molecule has 0 bridgehead atoms. The molecule has 1 aromatic carbocycles. The fourth-order valence-corrected chi connectivity index (χ4v) is 5.04. The number of carbonyl (C=O) groups is 1. The third-order valence-corrected chi connectivity index (χ3v) is 7.04. The Morgan fingerprint density at radius 1 is 1.00 bits per heavy atom. The Morgan fingerprint density at radius 2 is 1.75 bits per heavy atom. The minimum atomic E-state index is -0.192. The Kier molecular flexibility index (Phi) is 5.48. The summed E-state index contributed by atoms with van der Waals surface area (Å²) in [5, 5.41) is 5.68. The third-order valence-electron chi connectivity index (χ3n) is 7.04. The minimum absolute atomic E-state index is 0.147. The molecule has 180 valence electrons. The summed E-state index contributed by atoms with van der Waals surface area (Å²) in [6.07, 6.45) is 7.23. The van der Waals surface area contributed by atoms with Gasteiger partial charge in [0.25, 0.3) is 5.56 Å². The molecular weight excluding hydrogens is 452 g/mol. The number of aromatic amines is 2. The number of H-pyrrole nitrogens is 2. The van der Waals surface area contributed by atoms with Crippen molar-refractivity contribution in [3.63, 3.8) is 0 Å². The Labute approximate surface area is 207 Å². The maximum Gasteiger partial charge on any atom is 0.259 e. The number of hydrogen-bond donors (Lipinski definition) is 3. The number of aromatic nitrogens is 4. The van der Waals surface area contributed by atoms with Crippen LogP contribution in [0.15, 0.2) is 71.9 Å². The van der Waals surface area contributed by atoms with Crippen molar-refractivity contribution in [1.29, 1.82) is 0 Å². The molecule has 4 aromatic heterocycles. The van der Waals surface area contributed by atoms with Crippen LogP contribution in [0.3, 0.4) is 0 Å². The van der Waals surface area contributed by atoms with Crippen molar-refractivity contribution in [2.45, 2.75) is 25.7 Å². The van der Waals surface area contributed by atoms with Crippen LogP contribution in [0, 0.1) is 0 Å². The van der Waals surface area contributed by atoms with Crippen LogP contribution in [0.1, 0.15) is 31.2 Å². The number of rotatable bonds is 4. The SMILES string of the molecule is CC(=O)N1CCC(c2ccc(Nc3nc(-c4cnc5[nH]ccc5c4)cc4cc[nH]c(=O)c34)cc2)CC1. The maximum atomic E-state index is 12.7. The molecule has 1 aliphatic heterocycles. The summed E-state index contributed by atoms with van der Waals surface area (Å²) >= 11 is 0. The van der Waals surface area contributed by atoms with Gasteiger partial charge in [-0.3, -0.25) is 9.59 Å². The van der Waals surface area contributed by atoms with Crippen LogP contribution < -0.4 is 10.9 Å². The molecule has 1 fully saturated rings. The Bertz CT molecular complexity index is 1630. The fourth-order valence-electron chi connectivity index (χ4n) is 5.04. The number of benzene rings is 1. The number of carbonyl (C=O) groups excluding carboxylic acids is 1. The quantitative estimate of drug-likeness (QED) is 0.339. The first-order valence-electron chi connectivity index (χ1n) is 12.1. The first-order chi connectivity index (χ1) is 17.5. The monoisotopic (exact) mass is 478 g/mol. The van der Waals surface area contributed by atoms with E-state index in [1.165, 1.54) is 5.56 Å². The molecule has 0 unspecified atom stereocenters. The van der Waals surface area contributed by atoms with E-state index in [1.54, 1.807) is 19.3 Å². The Balaban J connectivity index is 1.31. The lowest BCUT2D eigenvalue weighted by molar-refractivity contribution is -0.129. The number of anilines is 2. The molecule has 6 rings (SSSR count). The second-order valence-electron chi connectivity index (χ2n) is 9.29.